The lowest BCUT2D eigenvalue weighted by atomic mass is 10.0. The Morgan fingerprint density at radius 1 is 1.15 bits per heavy atom. The number of halogens is 1. The van der Waals surface area contributed by atoms with E-state index in [1.54, 1.807) is 31.2 Å². The van der Waals surface area contributed by atoms with Crippen LogP contribution in [0.15, 0.2) is 59.2 Å². The summed E-state index contributed by atoms with van der Waals surface area (Å²) < 4.78 is 31.1. The fourth-order valence-electron chi connectivity index (χ4n) is 3.53. The number of ether oxygens (including phenoxy) is 2. The lowest BCUT2D eigenvalue weighted by Gasteiger charge is -2.32. The highest BCUT2D eigenvalue weighted by atomic mass is 19.1. The van der Waals surface area contributed by atoms with E-state index in [9.17, 15) is 14.7 Å². The number of aryl methyl sites for hydroxylation is 1. The van der Waals surface area contributed by atoms with Crippen LogP contribution in [0.25, 0.3) is 0 Å². The van der Waals surface area contributed by atoms with Gasteiger partial charge in [0, 0.05) is 18.2 Å². The first kappa shape index (κ1) is 24.8. The largest absolute Gasteiger partial charge is 0.497 e. The van der Waals surface area contributed by atoms with Gasteiger partial charge < -0.3 is 24.3 Å². The number of hydrogen-bond acceptors (Lipinski definition) is 6. The van der Waals surface area contributed by atoms with Gasteiger partial charge in [0.15, 0.2) is 0 Å². The Labute approximate surface area is 196 Å². The number of hydrogen-bond donors (Lipinski definition) is 2. The molecule has 0 spiro atoms. The molecule has 1 unspecified atom stereocenters. The number of nitrogens with one attached hydrogen (secondary N) is 1. The Hall–Kier alpha value is -3.85. The van der Waals surface area contributed by atoms with E-state index in [-0.39, 0.29) is 29.1 Å². The smallest absolute Gasteiger partial charge is 0.262 e. The van der Waals surface area contributed by atoms with Gasteiger partial charge in [0.2, 0.25) is 5.91 Å². The SMILES string of the molecule is COc1ccc(N(C(=O)c2ccoc2C)C(C(=O)NC[C@@H](C)O)c2ccccc2F)c(OC)c1. The van der Waals surface area contributed by atoms with Gasteiger partial charge in [-0.15, -0.1) is 0 Å². The Morgan fingerprint density at radius 3 is 2.47 bits per heavy atom. The van der Waals surface area contributed by atoms with Crippen molar-refractivity contribution >= 4 is 17.5 Å². The molecule has 0 aliphatic carbocycles. The second-order valence-corrected chi connectivity index (χ2v) is 7.62. The monoisotopic (exact) mass is 470 g/mol. The van der Waals surface area contributed by atoms with Gasteiger partial charge in [0.1, 0.15) is 29.1 Å². The van der Waals surface area contributed by atoms with Crippen molar-refractivity contribution < 1.29 is 33.0 Å². The van der Waals surface area contributed by atoms with Crippen molar-refractivity contribution in [2.24, 2.45) is 0 Å². The molecule has 34 heavy (non-hydrogen) atoms. The minimum atomic E-state index is -1.43. The van der Waals surface area contributed by atoms with Gasteiger partial charge in [-0.1, -0.05) is 18.2 Å². The van der Waals surface area contributed by atoms with Gasteiger partial charge in [-0.2, -0.15) is 0 Å². The number of aliphatic hydroxyl groups is 1. The molecule has 1 heterocycles. The van der Waals surface area contributed by atoms with Crippen molar-refractivity contribution in [2.75, 3.05) is 25.7 Å². The van der Waals surface area contributed by atoms with Crippen LogP contribution >= 0.6 is 0 Å². The van der Waals surface area contributed by atoms with E-state index in [1.807, 2.05) is 0 Å². The first-order chi connectivity index (χ1) is 16.3. The first-order valence-electron chi connectivity index (χ1n) is 10.6. The predicted molar refractivity (Wildman–Crippen MR) is 124 cm³/mol. The van der Waals surface area contributed by atoms with E-state index < -0.39 is 29.8 Å². The maximum atomic E-state index is 15.0. The molecule has 2 N–H and O–H groups in total. The number of benzene rings is 2. The third-order valence-electron chi connectivity index (χ3n) is 5.23. The fourth-order valence-corrected chi connectivity index (χ4v) is 3.53. The quantitative estimate of drug-likeness (QED) is 0.495. The number of anilines is 1. The summed E-state index contributed by atoms with van der Waals surface area (Å²) in [6.07, 6.45) is 0.512. The Bertz CT molecular complexity index is 1160. The molecular formula is C25H27FN2O6. The van der Waals surface area contributed by atoms with Crippen molar-refractivity contribution in [3.8, 4) is 11.5 Å². The number of furan rings is 1. The number of carbonyl (C=O) groups is 2. The topological polar surface area (TPSA) is 101 Å². The predicted octanol–water partition coefficient (Wildman–Crippen LogP) is 3.63. The van der Waals surface area contributed by atoms with Crippen LogP contribution < -0.4 is 19.7 Å². The Kier molecular flexibility index (Phi) is 7.91. The maximum absolute atomic E-state index is 15.0. The minimum absolute atomic E-state index is 0.0297. The average molecular weight is 470 g/mol. The number of rotatable bonds is 9. The summed E-state index contributed by atoms with van der Waals surface area (Å²) in [5.74, 6) is -0.923. The highest BCUT2D eigenvalue weighted by Crippen LogP contribution is 2.39. The molecular weight excluding hydrogens is 443 g/mol. The molecule has 0 saturated carbocycles. The van der Waals surface area contributed by atoms with Crippen LogP contribution in [0, 0.1) is 12.7 Å². The molecule has 0 fully saturated rings. The van der Waals surface area contributed by atoms with Crippen molar-refractivity contribution in [2.45, 2.75) is 26.0 Å². The van der Waals surface area contributed by atoms with E-state index >= 15 is 4.39 Å². The van der Waals surface area contributed by atoms with Crippen LogP contribution in [-0.4, -0.2) is 43.8 Å². The lowest BCUT2D eigenvalue weighted by molar-refractivity contribution is -0.123. The van der Waals surface area contributed by atoms with Crippen LogP contribution in [0.4, 0.5) is 10.1 Å². The summed E-state index contributed by atoms with van der Waals surface area (Å²) >= 11 is 0. The van der Waals surface area contributed by atoms with Gasteiger partial charge in [0.05, 0.1) is 37.8 Å². The van der Waals surface area contributed by atoms with Crippen molar-refractivity contribution in [1.29, 1.82) is 0 Å². The minimum Gasteiger partial charge on any atom is -0.497 e. The number of nitrogens with zero attached hydrogens (tertiary/aromatic N) is 1. The number of amides is 2. The van der Waals surface area contributed by atoms with E-state index in [0.717, 1.165) is 4.90 Å². The molecule has 0 saturated heterocycles. The molecule has 8 nitrogen and oxygen atoms in total. The first-order valence-corrected chi connectivity index (χ1v) is 10.6. The van der Waals surface area contributed by atoms with Crippen LogP contribution in [-0.2, 0) is 4.79 Å². The maximum Gasteiger partial charge on any atom is 0.262 e. The van der Waals surface area contributed by atoms with E-state index in [0.29, 0.717) is 11.5 Å². The second-order valence-electron chi connectivity index (χ2n) is 7.62. The molecule has 3 aromatic rings. The van der Waals surface area contributed by atoms with Crippen LogP contribution in [0.2, 0.25) is 0 Å². The standard InChI is InChI=1S/C25H27FN2O6/c1-15(29)14-27-24(30)23(19-7-5-6-8-20(19)26)28(25(31)18-11-12-34-16(18)2)21-10-9-17(32-3)13-22(21)33-4/h5-13,15,23,29H,14H2,1-4H3,(H,27,30)/t15-,23?/m1/s1. The van der Waals surface area contributed by atoms with E-state index in [2.05, 4.69) is 5.32 Å². The number of aliphatic hydroxyl groups excluding tert-OH is 1. The number of methoxy groups -OCH3 is 2. The normalized spacial score (nSPS) is 12.5. The lowest BCUT2D eigenvalue weighted by Crippen LogP contribution is -2.46. The third kappa shape index (κ3) is 5.20. The molecule has 180 valence electrons. The fraction of sp³-hybridized carbons (Fsp3) is 0.280. The molecule has 0 aliphatic heterocycles. The summed E-state index contributed by atoms with van der Waals surface area (Å²) in [6, 6.07) is 10.5. The summed E-state index contributed by atoms with van der Waals surface area (Å²) in [5, 5.41) is 12.3. The zero-order chi connectivity index (χ0) is 24.8. The molecule has 0 bridgehead atoms. The molecule has 9 heteroatoms. The van der Waals surface area contributed by atoms with Crippen LogP contribution in [0.3, 0.4) is 0 Å². The van der Waals surface area contributed by atoms with Gasteiger partial charge in [0.25, 0.3) is 5.91 Å². The highest BCUT2D eigenvalue weighted by Gasteiger charge is 2.37. The van der Waals surface area contributed by atoms with Gasteiger partial charge in [-0.05, 0) is 38.1 Å². The second kappa shape index (κ2) is 10.8. The molecule has 0 radical (unpaired) electrons. The number of carbonyl (C=O) groups excluding carboxylic acids is 2. The summed E-state index contributed by atoms with van der Waals surface area (Å²) in [6.45, 7) is 3.03. The van der Waals surface area contributed by atoms with Gasteiger partial charge in [-0.3, -0.25) is 14.5 Å². The van der Waals surface area contributed by atoms with Gasteiger partial charge in [-0.25, -0.2) is 4.39 Å². The summed E-state index contributed by atoms with van der Waals surface area (Å²) in [4.78, 5) is 28.4. The van der Waals surface area contributed by atoms with Crippen LogP contribution in [0.5, 0.6) is 11.5 Å². The molecule has 1 aromatic heterocycles. The van der Waals surface area contributed by atoms with Crippen molar-refractivity contribution in [3.05, 3.63) is 77.5 Å². The molecule has 3 rings (SSSR count). The van der Waals surface area contributed by atoms with Crippen LogP contribution in [0.1, 0.15) is 34.6 Å². The Morgan fingerprint density at radius 2 is 1.88 bits per heavy atom. The van der Waals surface area contributed by atoms with Crippen molar-refractivity contribution in [1.82, 2.24) is 5.32 Å². The molecule has 2 aromatic carbocycles. The van der Waals surface area contributed by atoms with E-state index in [4.69, 9.17) is 13.9 Å². The molecule has 0 aliphatic rings. The highest BCUT2D eigenvalue weighted by molar-refractivity contribution is 6.11. The zero-order valence-corrected chi connectivity index (χ0v) is 19.4. The third-order valence-corrected chi connectivity index (χ3v) is 5.23. The summed E-state index contributed by atoms with van der Waals surface area (Å²) in [7, 11) is 2.90. The van der Waals surface area contributed by atoms with Gasteiger partial charge >= 0.3 is 0 Å². The molecule has 2 amide bonds. The zero-order valence-electron chi connectivity index (χ0n) is 19.4. The van der Waals surface area contributed by atoms with E-state index in [1.165, 1.54) is 51.7 Å². The Balaban J connectivity index is 2.26. The van der Waals surface area contributed by atoms with Crippen molar-refractivity contribution in [3.63, 3.8) is 0 Å². The molecule has 2 atom stereocenters. The summed E-state index contributed by atoms with van der Waals surface area (Å²) in [5.41, 5.74) is 0.384. The average Bonchev–Trinajstić information content (AvgIpc) is 3.26.